The summed E-state index contributed by atoms with van der Waals surface area (Å²) in [5.74, 6) is 6.27. The monoisotopic (exact) mass is 233 g/mol. The van der Waals surface area contributed by atoms with E-state index >= 15 is 0 Å². The summed E-state index contributed by atoms with van der Waals surface area (Å²) < 4.78 is 0. The second-order valence-corrected chi connectivity index (χ2v) is 3.42. The number of aryl methyl sites for hydroxylation is 1. The number of para-hydroxylation sites is 1. The summed E-state index contributed by atoms with van der Waals surface area (Å²) >= 11 is 0. The smallest absolute Gasteiger partial charge is 0.295 e. The van der Waals surface area contributed by atoms with Gasteiger partial charge in [0.2, 0.25) is 0 Å². The van der Waals surface area contributed by atoms with E-state index in [1.807, 2.05) is 6.92 Å². The quantitative estimate of drug-likeness (QED) is 0.471. The Morgan fingerprint density at radius 3 is 2.82 bits per heavy atom. The Labute approximate surface area is 96.8 Å². The number of anilines is 1. The first-order chi connectivity index (χ1) is 8.17. The normalized spacial score (nSPS) is 10.5. The molecule has 0 spiro atoms. The molecule has 0 saturated carbocycles. The Morgan fingerprint density at radius 2 is 2.24 bits per heavy atom. The molecule has 0 saturated heterocycles. The Balaban J connectivity index is 2.84. The first-order valence-electron chi connectivity index (χ1n) is 5.08. The maximum Gasteiger partial charge on any atom is 0.295 e. The van der Waals surface area contributed by atoms with Crippen LogP contribution in [0.1, 0.15) is 12.7 Å². The minimum atomic E-state index is -0.463. The van der Waals surface area contributed by atoms with Gasteiger partial charge in [-0.15, -0.1) is 0 Å². The van der Waals surface area contributed by atoms with Crippen molar-refractivity contribution in [3.05, 3.63) is 34.1 Å². The fraction of sp³-hybridized carbons (Fsp3) is 0.200. The molecular weight excluding hydrogens is 222 g/mol. The molecule has 0 atom stereocenters. The summed E-state index contributed by atoms with van der Waals surface area (Å²) in [5, 5.41) is 11.4. The summed E-state index contributed by atoms with van der Waals surface area (Å²) in [6.07, 6.45) is 0.580. The average Bonchev–Trinajstić information content (AvgIpc) is 2.36. The standard InChI is InChI=1S/C10H11N5O2/c1-2-8-12-9-6(10(13-8)14-11)4-3-5-7(9)15(16)17/h3-5H,2,11H2,1H3,(H,12,13,14). The Morgan fingerprint density at radius 1 is 1.47 bits per heavy atom. The number of nitro benzene ring substituents is 1. The van der Waals surface area contributed by atoms with Crippen molar-refractivity contribution in [2.45, 2.75) is 13.3 Å². The van der Waals surface area contributed by atoms with Crippen molar-refractivity contribution in [1.29, 1.82) is 0 Å². The molecule has 1 aromatic heterocycles. The number of nitro groups is 1. The first-order valence-corrected chi connectivity index (χ1v) is 5.08. The third-order valence-corrected chi connectivity index (χ3v) is 2.40. The van der Waals surface area contributed by atoms with Crippen LogP contribution in [0.4, 0.5) is 11.5 Å². The van der Waals surface area contributed by atoms with E-state index in [9.17, 15) is 10.1 Å². The SMILES string of the molecule is CCc1nc(NN)c2cccc([N+](=O)[O-])c2n1. The van der Waals surface area contributed by atoms with E-state index < -0.39 is 4.92 Å². The van der Waals surface area contributed by atoms with Gasteiger partial charge in [0.1, 0.15) is 5.82 Å². The van der Waals surface area contributed by atoms with Crippen LogP contribution >= 0.6 is 0 Å². The number of hydrogen-bond acceptors (Lipinski definition) is 6. The maximum absolute atomic E-state index is 10.9. The second-order valence-electron chi connectivity index (χ2n) is 3.42. The number of benzene rings is 1. The molecule has 0 aliphatic rings. The van der Waals surface area contributed by atoms with E-state index in [4.69, 9.17) is 5.84 Å². The van der Waals surface area contributed by atoms with Crippen LogP contribution in [0.5, 0.6) is 0 Å². The highest BCUT2D eigenvalue weighted by atomic mass is 16.6. The lowest BCUT2D eigenvalue weighted by Crippen LogP contribution is -2.11. The van der Waals surface area contributed by atoms with E-state index in [2.05, 4.69) is 15.4 Å². The lowest BCUT2D eigenvalue weighted by atomic mass is 10.2. The van der Waals surface area contributed by atoms with E-state index in [1.165, 1.54) is 6.07 Å². The van der Waals surface area contributed by atoms with Crippen molar-refractivity contribution in [1.82, 2.24) is 9.97 Å². The van der Waals surface area contributed by atoms with E-state index in [1.54, 1.807) is 12.1 Å². The second kappa shape index (κ2) is 4.30. The van der Waals surface area contributed by atoms with Gasteiger partial charge in [-0.1, -0.05) is 13.0 Å². The summed E-state index contributed by atoms with van der Waals surface area (Å²) in [7, 11) is 0. The molecule has 0 aliphatic carbocycles. The maximum atomic E-state index is 10.9. The number of nitrogens with two attached hydrogens (primary N) is 1. The number of hydrazine groups is 1. The third-order valence-electron chi connectivity index (χ3n) is 2.40. The number of nitrogen functional groups attached to an aromatic ring is 1. The molecule has 17 heavy (non-hydrogen) atoms. The minimum absolute atomic E-state index is 0.0453. The van der Waals surface area contributed by atoms with Gasteiger partial charge in [-0.2, -0.15) is 0 Å². The zero-order valence-electron chi connectivity index (χ0n) is 9.17. The number of fused-ring (bicyclic) bond motifs is 1. The molecule has 0 radical (unpaired) electrons. The zero-order valence-corrected chi connectivity index (χ0v) is 9.17. The van der Waals surface area contributed by atoms with Gasteiger partial charge in [-0.05, 0) is 6.07 Å². The van der Waals surface area contributed by atoms with E-state index in [0.29, 0.717) is 29.0 Å². The van der Waals surface area contributed by atoms with E-state index in [-0.39, 0.29) is 5.69 Å². The van der Waals surface area contributed by atoms with Crippen molar-refractivity contribution in [3.63, 3.8) is 0 Å². The first kappa shape index (κ1) is 11.2. The molecule has 0 amide bonds. The van der Waals surface area contributed by atoms with Crippen LogP contribution in [0.2, 0.25) is 0 Å². The van der Waals surface area contributed by atoms with Crippen LogP contribution in [0, 0.1) is 10.1 Å². The molecule has 0 aliphatic heterocycles. The average molecular weight is 233 g/mol. The molecule has 1 heterocycles. The van der Waals surface area contributed by atoms with Crippen LogP contribution in [0.3, 0.4) is 0 Å². The molecule has 0 fully saturated rings. The summed E-state index contributed by atoms with van der Waals surface area (Å²) in [5.41, 5.74) is 2.69. The van der Waals surface area contributed by atoms with Gasteiger partial charge < -0.3 is 5.43 Å². The number of hydrogen-bond donors (Lipinski definition) is 2. The lowest BCUT2D eigenvalue weighted by molar-refractivity contribution is -0.383. The zero-order chi connectivity index (χ0) is 12.4. The Kier molecular flexibility index (Phi) is 2.84. The number of nitrogens with one attached hydrogen (secondary N) is 1. The van der Waals surface area contributed by atoms with Crippen LogP contribution in [0.25, 0.3) is 10.9 Å². The van der Waals surface area contributed by atoms with Crippen LogP contribution < -0.4 is 11.3 Å². The Bertz CT molecular complexity index is 584. The summed E-state index contributed by atoms with van der Waals surface area (Å²) in [6, 6.07) is 4.68. The predicted molar refractivity (Wildman–Crippen MR) is 63.4 cm³/mol. The van der Waals surface area contributed by atoms with Crippen LogP contribution in [-0.2, 0) is 6.42 Å². The molecule has 2 aromatic rings. The van der Waals surface area contributed by atoms with Gasteiger partial charge >= 0.3 is 0 Å². The highest BCUT2D eigenvalue weighted by Crippen LogP contribution is 2.27. The number of rotatable bonds is 3. The van der Waals surface area contributed by atoms with Crippen molar-refractivity contribution in [2.75, 3.05) is 5.43 Å². The molecule has 3 N–H and O–H groups in total. The third kappa shape index (κ3) is 1.87. The topological polar surface area (TPSA) is 107 Å². The van der Waals surface area contributed by atoms with Crippen molar-refractivity contribution < 1.29 is 4.92 Å². The lowest BCUT2D eigenvalue weighted by Gasteiger charge is -2.06. The van der Waals surface area contributed by atoms with Gasteiger partial charge in [0, 0.05) is 12.5 Å². The molecule has 2 rings (SSSR count). The Hall–Kier alpha value is -2.28. The van der Waals surface area contributed by atoms with Crippen LogP contribution in [0.15, 0.2) is 18.2 Å². The van der Waals surface area contributed by atoms with Gasteiger partial charge in [-0.25, -0.2) is 15.8 Å². The van der Waals surface area contributed by atoms with Crippen LogP contribution in [-0.4, -0.2) is 14.9 Å². The number of non-ortho nitro benzene ring substituents is 1. The van der Waals surface area contributed by atoms with E-state index in [0.717, 1.165) is 0 Å². The molecular formula is C10H11N5O2. The highest BCUT2D eigenvalue weighted by Gasteiger charge is 2.16. The summed E-state index contributed by atoms with van der Waals surface area (Å²) in [4.78, 5) is 18.8. The fourth-order valence-corrected chi connectivity index (χ4v) is 1.60. The largest absolute Gasteiger partial charge is 0.308 e. The number of nitrogens with zero attached hydrogens (tertiary/aromatic N) is 3. The van der Waals surface area contributed by atoms with Gasteiger partial charge in [0.05, 0.1) is 10.3 Å². The molecule has 7 nitrogen and oxygen atoms in total. The number of aromatic nitrogens is 2. The molecule has 0 bridgehead atoms. The molecule has 88 valence electrons. The van der Waals surface area contributed by atoms with Crippen molar-refractivity contribution in [3.8, 4) is 0 Å². The molecule has 7 heteroatoms. The summed E-state index contributed by atoms with van der Waals surface area (Å²) in [6.45, 7) is 1.87. The van der Waals surface area contributed by atoms with Crippen molar-refractivity contribution in [2.24, 2.45) is 5.84 Å². The molecule has 0 unspecified atom stereocenters. The van der Waals surface area contributed by atoms with Gasteiger partial charge in [0.15, 0.2) is 11.3 Å². The van der Waals surface area contributed by atoms with Gasteiger partial charge in [0.25, 0.3) is 5.69 Å². The minimum Gasteiger partial charge on any atom is -0.308 e. The van der Waals surface area contributed by atoms with Crippen molar-refractivity contribution >= 4 is 22.4 Å². The fourth-order valence-electron chi connectivity index (χ4n) is 1.60. The van der Waals surface area contributed by atoms with Gasteiger partial charge in [-0.3, -0.25) is 10.1 Å². The predicted octanol–water partition coefficient (Wildman–Crippen LogP) is 1.39. The molecule has 1 aromatic carbocycles. The highest BCUT2D eigenvalue weighted by molar-refractivity contribution is 5.94.